The van der Waals surface area contributed by atoms with E-state index in [1.807, 2.05) is 0 Å². The van der Waals surface area contributed by atoms with Crippen molar-refractivity contribution >= 4 is 5.97 Å². The molecule has 0 amide bonds. The standard InChI is InChI=1S/C24H48NO3/c1-25(2)20-17-18-23(22-25)28-21-16-14-12-10-8-6-4-5-7-9-11-13-15-19-24(26)27-3/h23H,4-22H2,1-3H3/q+1. The Morgan fingerprint density at radius 3 is 1.82 bits per heavy atom. The first kappa shape index (κ1) is 25.4. The lowest BCUT2D eigenvalue weighted by Crippen LogP contribution is -2.50. The Bertz CT molecular complexity index is 384. The number of nitrogens with zero attached hydrogens (tertiary/aromatic N) is 1. The van der Waals surface area contributed by atoms with Crippen LogP contribution in [0.2, 0.25) is 0 Å². The summed E-state index contributed by atoms with van der Waals surface area (Å²) >= 11 is 0. The molecule has 1 rings (SSSR count). The fourth-order valence-electron chi connectivity index (χ4n) is 4.28. The first-order valence-electron chi connectivity index (χ1n) is 12.0. The molecule has 1 heterocycles. The van der Waals surface area contributed by atoms with Gasteiger partial charge in [0.15, 0.2) is 0 Å². The van der Waals surface area contributed by atoms with Crippen LogP contribution in [0.4, 0.5) is 0 Å². The molecular formula is C24H48NO3+. The van der Waals surface area contributed by atoms with Gasteiger partial charge in [-0.2, -0.15) is 0 Å². The number of carbonyl (C=O) groups is 1. The lowest BCUT2D eigenvalue weighted by atomic mass is 10.0. The third-order valence-electron chi connectivity index (χ3n) is 6.09. The van der Waals surface area contributed by atoms with Gasteiger partial charge in [0.2, 0.25) is 0 Å². The van der Waals surface area contributed by atoms with Gasteiger partial charge < -0.3 is 14.0 Å². The quantitative estimate of drug-likeness (QED) is 0.174. The molecule has 4 heteroatoms. The summed E-state index contributed by atoms with van der Waals surface area (Å²) in [5.74, 6) is -0.0693. The third kappa shape index (κ3) is 14.4. The lowest BCUT2D eigenvalue weighted by Gasteiger charge is -2.37. The van der Waals surface area contributed by atoms with E-state index in [9.17, 15) is 4.79 Å². The second-order valence-electron chi connectivity index (χ2n) is 9.40. The van der Waals surface area contributed by atoms with Gasteiger partial charge in [0, 0.05) is 13.0 Å². The normalized spacial score (nSPS) is 18.9. The summed E-state index contributed by atoms with van der Waals surface area (Å²) in [6, 6.07) is 0. The molecule has 0 N–H and O–H groups in total. The van der Waals surface area contributed by atoms with Gasteiger partial charge in [-0.25, -0.2) is 0 Å². The summed E-state index contributed by atoms with van der Waals surface area (Å²) in [6.45, 7) is 3.45. The number of hydrogen-bond acceptors (Lipinski definition) is 3. The number of likely N-dealkylation sites (tertiary alicyclic amines) is 1. The molecule has 1 atom stereocenters. The molecule has 0 radical (unpaired) electrons. The van der Waals surface area contributed by atoms with E-state index in [0.29, 0.717) is 12.5 Å². The van der Waals surface area contributed by atoms with Gasteiger partial charge in [-0.3, -0.25) is 4.79 Å². The molecule has 0 aromatic heterocycles. The van der Waals surface area contributed by atoms with E-state index in [2.05, 4.69) is 18.8 Å². The maximum atomic E-state index is 11.0. The second kappa shape index (κ2) is 16.2. The molecule has 0 spiro atoms. The maximum absolute atomic E-state index is 11.0. The van der Waals surface area contributed by atoms with Crippen LogP contribution < -0.4 is 0 Å². The molecule has 28 heavy (non-hydrogen) atoms. The molecule has 166 valence electrons. The third-order valence-corrected chi connectivity index (χ3v) is 6.09. The Balaban J connectivity index is 1.74. The molecule has 0 bridgehead atoms. The fraction of sp³-hybridized carbons (Fsp3) is 0.958. The van der Waals surface area contributed by atoms with Crippen molar-refractivity contribution in [1.29, 1.82) is 0 Å². The van der Waals surface area contributed by atoms with Gasteiger partial charge in [-0.15, -0.1) is 0 Å². The monoisotopic (exact) mass is 398 g/mol. The molecule has 1 fully saturated rings. The van der Waals surface area contributed by atoms with E-state index in [4.69, 9.17) is 4.74 Å². The minimum atomic E-state index is -0.0693. The van der Waals surface area contributed by atoms with Crippen molar-refractivity contribution in [3.05, 3.63) is 0 Å². The zero-order valence-corrected chi connectivity index (χ0v) is 19.2. The summed E-state index contributed by atoms with van der Waals surface area (Å²) in [6.07, 6.45) is 20.6. The number of piperidine rings is 1. The van der Waals surface area contributed by atoms with Gasteiger partial charge in [0.1, 0.15) is 12.6 Å². The highest BCUT2D eigenvalue weighted by Gasteiger charge is 2.27. The van der Waals surface area contributed by atoms with Crippen molar-refractivity contribution in [2.45, 2.75) is 109 Å². The Kier molecular flexibility index (Phi) is 14.7. The minimum Gasteiger partial charge on any atom is -0.469 e. The summed E-state index contributed by atoms with van der Waals surface area (Å²) in [7, 11) is 6.11. The van der Waals surface area contributed by atoms with Crippen LogP contribution in [0.25, 0.3) is 0 Å². The van der Waals surface area contributed by atoms with Crippen molar-refractivity contribution < 1.29 is 18.8 Å². The smallest absolute Gasteiger partial charge is 0.305 e. The van der Waals surface area contributed by atoms with Gasteiger partial charge in [0.25, 0.3) is 0 Å². The van der Waals surface area contributed by atoms with E-state index >= 15 is 0 Å². The highest BCUT2D eigenvalue weighted by Crippen LogP contribution is 2.18. The fourth-order valence-corrected chi connectivity index (χ4v) is 4.28. The predicted molar refractivity (Wildman–Crippen MR) is 117 cm³/mol. The number of unbranched alkanes of at least 4 members (excludes halogenated alkanes) is 12. The van der Waals surface area contributed by atoms with E-state index in [1.165, 1.54) is 104 Å². The van der Waals surface area contributed by atoms with Gasteiger partial charge in [-0.05, 0) is 25.7 Å². The summed E-state index contributed by atoms with van der Waals surface area (Å²) in [5, 5.41) is 0. The van der Waals surface area contributed by atoms with Crippen LogP contribution >= 0.6 is 0 Å². The number of methoxy groups -OCH3 is 1. The van der Waals surface area contributed by atoms with E-state index in [1.54, 1.807) is 0 Å². The average Bonchev–Trinajstić information content (AvgIpc) is 2.66. The number of carbonyl (C=O) groups excluding carboxylic acids is 1. The molecule has 0 aliphatic carbocycles. The Labute approximate surface area is 174 Å². The number of rotatable bonds is 17. The van der Waals surface area contributed by atoms with Gasteiger partial charge in [0.05, 0.1) is 27.7 Å². The van der Waals surface area contributed by atoms with E-state index in [-0.39, 0.29) is 5.97 Å². The van der Waals surface area contributed by atoms with Crippen LogP contribution in [-0.2, 0) is 14.3 Å². The highest BCUT2D eigenvalue weighted by molar-refractivity contribution is 5.68. The molecule has 1 saturated heterocycles. The first-order valence-corrected chi connectivity index (χ1v) is 12.0. The van der Waals surface area contributed by atoms with Crippen LogP contribution in [-0.4, -0.2) is 57.5 Å². The largest absolute Gasteiger partial charge is 0.469 e. The number of hydrogen-bond donors (Lipinski definition) is 0. The SMILES string of the molecule is COC(=O)CCCCCCCCCCCCCCCOC1CCC[N+](C)(C)C1. The Morgan fingerprint density at radius 2 is 1.32 bits per heavy atom. The number of likely N-dealkylation sites (N-methyl/N-ethyl adjacent to an activating group) is 1. The molecule has 0 aromatic carbocycles. The molecule has 4 nitrogen and oxygen atoms in total. The number of quaternary nitrogens is 1. The Morgan fingerprint density at radius 1 is 0.821 bits per heavy atom. The molecule has 0 saturated carbocycles. The van der Waals surface area contributed by atoms with Crippen LogP contribution in [0.5, 0.6) is 0 Å². The minimum absolute atomic E-state index is 0.0693. The summed E-state index contributed by atoms with van der Waals surface area (Å²) in [4.78, 5) is 11.0. The van der Waals surface area contributed by atoms with Gasteiger partial charge in [-0.1, -0.05) is 70.6 Å². The van der Waals surface area contributed by atoms with Gasteiger partial charge >= 0.3 is 5.97 Å². The molecule has 1 aliphatic rings. The van der Waals surface area contributed by atoms with Crippen molar-refractivity contribution in [3.8, 4) is 0 Å². The van der Waals surface area contributed by atoms with Crippen molar-refractivity contribution in [3.63, 3.8) is 0 Å². The molecule has 1 aliphatic heterocycles. The van der Waals surface area contributed by atoms with E-state index in [0.717, 1.165) is 23.9 Å². The molecule has 1 unspecified atom stereocenters. The summed E-state index contributed by atoms with van der Waals surface area (Å²) < 4.78 is 11.9. The first-order chi connectivity index (χ1) is 13.5. The topological polar surface area (TPSA) is 35.5 Å². The predicted octanol–water partition coefficient (Wildman–Crippen LogP) is 5.88. The van der Waals surface area contributed by atoms with Crippen LogP contribution in [0.1, 0.15) is 103 Å². The van der Waals surface area contributed by atoms with Crippen molar-refractivity contribution in [2.75, 3.05) is 40.9 Å². The average molecular weight is 399 g/mol. The molecular weight excluding hydrogens is 350 g/mol. The summed E-state index contributed by atoms with van der Waals surface area (Å²) in [5.41, 5.74) is 0. The van der Waals surface area contributed by atoms with Crippen molar-refractivity contribution in [2.24, 2.45) is 0 Å². The van der Waals surface area contributed by atoms with Crippen LogP contribution in [0.15, 0.2) is 0 Å². The zero-order valence-electron chi connectivity index (χ0n) is 19.2. The number of esters is 1. The van der Waals surface area contributed by atoms with Crippen molar-refractivity contribution in [1.82, 2.24) is 0 Å². The Hall–Kier alpha value is -0.610. The van der Waals surface area contributed by atoms with Crippen LogP contribution in [0.3, 0.4) is 0 Å². The second-order valence-corrected chi connectivity index (χ2v) is 9.40. The molecule has 0 aromatic rings. The van der Waals surface area contributed by atoms with Crippen LogP contribution in [0, 0.1) is 0 Å². The van der Waals surface area contributed by atoms with E-state index < -0.39 is 0 Å². The zero-order chi connectivity index (χ0) is 20.5. The number of ether oxygens (including phenoxy) is 2. The lowest BCUT2D eigenvalue weighted by molar-refractivity contribution is -0.898. The maximum Gasteiger partial charge on any atom is 0.305 e. The highest BCUT2D eigenvalue weighted by atomic mass is 16.5.